The molecular weight excluding hydrogens is 378 g/mol. The molecule has 0 radical (unpaired) electrons. The standard InChI is InChI=1S/C25H43NO4/c1-22-10-4-3-6-18(22)7-8-20-19(22)9-11-23(2)24(20,27)12-13-25(23,30-15-5-14-26)21-28-16-17-29-21/h18-21,27H,3-17,26H2,1-2H3/t18?,19-,20-,22+,23+,24-,25?/m1/s1. The van der Waals surface area contributed by atoms with Crippen molar-refractivity contribution in [1.82, 2.24) is 0 Å². The maximum absolute atomic E-state index is 12.5. The molecule has 2 unspecified atom stereocenters. The van der Waals surface area contributed by atoms with Gasteiger partial charge in [-0.25, -0.2) is 0 Å². The predicted molar refractivity (Wildman–Crippen MR) is 116 cm³/mol. The zero-order chi connectivity index (χ0) is 21.0. The second-order valence-corrected chi connectivity index (χ2v) is 11.5. The fourth-order valence-electron chi connectivity index (χ4n) is 8.94. The SMILES string of the molecule is C[C@]12CCCCC1CC[C@@H]1[C@H]2CC[C@]2(C)C(OCCCN)(C3OCCO3)CC[C@@]12O. The first-order chi connectivity index (χ1) is 14.4. The zero-order valence-corrected chi connectivity index (χ0v) is 19.2. The average molecular weight is 422 g/mol. The normalized spacial score (nSPS) is 51.4. The van der Waals surface area contributed by atoms with Crippen LogP contribution < -0.4 is 5.73 Å². The molecule has 3 N–H and O–H groups in total. The molecule has 5 rings (SSSR count). The molecule has 0 amide bonds. The highest BCUT2D eigenvalue weighted by atomic mass is 16.7. The summed E-state index contributed by atoms with van der Waals surface area (Å²) in [6.45, 7) is 7.31. The quantitative estimate of drug-likeness (QED) is 0.656. The lowest BCUT2D eigenvalue weighted by molar-refractivity contribution is -0.293. The first kappa shape index (κ1) is 21.6. The molecule has 1 saturated heterocycles. The Kier molecular flexibility index (Phi) is 5.55. The van der Waals surface area contributed by atoms with Crippen molar-refractivity contribution in [1.29, 1.82) is 0 Å². The molecule has 0 aromatic rings. The third kappa shape index (κ3) is 2.78. The fraction of sp³-hybridized carbons (Fsp3) is 1.00. The van der Waals surface area contributed by atoms with Crippen molar-refractivity contribution in [3.05, 3.63) is 0 Å². The molecule has 1 aliphatic heterocycles. The molecule has 5 aliphatic rings. The molecule has 5 fully saturated rings. The summed E-state index contributed by atoms with van der Waals surface area (Å²) in [5.41, 5.74) is 4.57. The maximum atomic E-state index is 12.5. The van der Waals surface area contributed by atoms with Crippen LogP contribution in [-0.4, -0.2) is 49.0 Å². The largest absolute Gasteiger partial charge is 0.389 e. The highest BCUT2D eigenvalue weighted by Gasteiger charge is 2.74. The zero-order valence-electron chi connectivity index (χ0n) is 19.2. The van der Waals surface area contributed by atoms with Crippen molar-refractivity contribution in [2.24, 2.45) is 34.3 Å². The number of rotatable bonds is 5. The minimum absolute atomic E-state index is 0.345. The molecule has 30 heavy (non-hydrogen) atoms. The van der Waals surface area contributed by atoms with Gasteiger partial charge in [-0.1, -0.05) is 26.7 Å². The molecule has 7 atom stereocenters. The smallest absolute Gasteiger partial charge is 0.187 e. The lowest BCUT2D eigenvalue weighted by Gasteiger charge is -2.64. The summed E-state index contributed by atoms with van der Waals surface area (Å²) in [7, 11) is 0. The maximum Gasteiger partial charge on any atom is 0.187 e. The van der Waals surface area contributed by atoms with Crippen molar-refractivity contribution in [2.75, 3.05) is 26.4 Å². The van der Waals surface area contributed by atoms with Gasteiger partial charge in [0.15, 0.2) is 6.29 Å². The van der Waals surface area contributed by atoms with Crippen LogP contribution in [0.1, 0.15) is 84.5 Å². The van der Waals surface area contributed by atoms with E-state index in [4.69, 9.17) is 19.9 Å². The van der Waals surface area contributed by atoms with Crippen LogP contribution in [0.4, 0.5) is 0 Å². The van der Waals surface area contributed by atoms with Gasteiger partial charge in [-0.15, -0.1) is 0 Å². The predicted octanol–water partition coefficient (Wildman–Crippen LogP) is 4.01. The van der Waals surface area contributed by atoms with Crippen molar-refractivity contribution >= 4 is 0 Å². The second-order valence-electron chi connectivity index (χ2n) is 11.5. The van der Waals surface area contributed by atoms with Crippen LogP contribution in [0.5, 0.6) is 0 Å². The molecule has 0 aromatic carbocycles. The van der Waals surface area contributed by atoms with Crippen LogP contribution in [0.2, 0.25) is 0 Å². The van der Waals surface area contributed by atoms with Gasteiger partial charge in [-0.05, 0) is 87.5 Å². The molecule has 5 heteroatoms. The molecular formula is C25H43NO4. The van der Waals surface area contributed by atoms with E-state index in [0.717, 1.165) is 31.6 Å². The van der Waals surface area contributed by atoms with E-state index in [9.17, 15) is 5.11 Å². The van der Waals surface area contributed by atoms with Crippen LogP contribution in [0.3, 0.4) is 0 Å². The molecule has 4 aliphatic carbocycles. The van der Waals surface area contributed by atoms with Gasteiger partial charge < -0.3 is 25.1 Å². The summed E-state index contributed by atoms with van der Waals surface area (Å²) in [5.74, 6) is 1.87. The van der Waals surface area contributed by atoms with E-state index < -0.39 is 11.2 Å². The van der Waals surface area contributed by atoms with Gasteiger partial charge in [0.25, 0.3) is 0 Å². The van der Waals surface area contributed by atoms with E-state index in [-0.39, 0.29) is 11.7 Å². The summed E-state index contributed by atoms with van der Waals surface area (Å²) >= 11 is 0. The Hall–Kier alpha value is -0.200. The Morgan fingerprint density at radius 1 is 0.933 bits per heavy atom. The molecule has 172 valence electrons. The highest BCUT2D eigenvalue weighted by Crippen LogP contribution is 2.71. The Morgan fingerprint density at radius 3 is 2.50 bits per heavy atom. The molecule has 0 bridgehead atoms. The highest BCUT2D eigenvalue weighted by molar-refractivity contribution is 5.23. The Balaban J connectivity index is 1.49. The topological polar surface area (TPSA) is 73.9 Å². The minimum Gasteiger partial charge on any atom is -0.389 e. The Morgan fingerprint density at radius 2 is 1.73 bits per heavy atom. The van der Waals surface area contributed by atoms with E-state index in [0.29, 0.717) is 43.6 Å². The molecule has 4 saturated carbocycles. The first-order valence-electron chi connectivity index (χ1n) is 12.7. The summed E-state index contributed by atoms with van der Waals surface area (Å²) < 4.78 is 18.8. The van der Waals surface area contributed by atoms with Gasteiger partial charge in [-0.3, -0.25) is 0 Å². The lowest BCUT2D eigenvalue weighted by atomic mass is 9.43. The first-order valence-corrected chi connectivity index (χ1v) is 12.7. The van der Waals surface area contributed by atoms with E-state index in [1.54, 1.807) is 0 Å². The van der Waals surface area contributed by atoms with E-state index in [1.807, 2.05) is 0 Å². The third-order valence-corrected chi connectivity index (χ3v) is 10.7. The van der Waals surface area contributed by atoms with Gasteiger partial charge in [0.05, 0.1) is 18.8 Å². The van der Waals surface area contributed by atoms with Crippen molar-refractivity contribution < 1.29 is 19.3 Å². The minimum atomic E-state index is -0.695. The van der Waals surface area contributed by atoms with Gasteiger partial charge in [0.1, 0.15) is 5.60 Å². The Labute approximate surface area is 182 Å². The van der Waals surface area contributed by atoms with E-state index >= 15 is 0 Å². The van der Waals surface area contributed by atoms with E-state index in [2.05, 4.69) is 13.8 Å². The third-order valence-electron chi connectivity index (χ3n) is 10.7. The molecule has 0 spiro atoms. The molecule has 5 nitrogen and oxygen atoms in total. The lowest BCUT2D eigenvalue weighted by Crippen LogP contribution is -2.68. The van der Waals surface area contributed by atoms with Crippen LogP contribution in [0, 0.1) is 28.6 Å². The van der Waals surface area contributed by atoms with Gasteiger partial charge in [-0.2, -0.15) is 0 Å². The molecule has 0 aromatic heterocycles. The summed E-state index contributed by atoms with van der Waals surface area (Å²) in [5, 5.41) is 12.5. The Bertz CT molecular complexity index is 639. The van der Waals surface area contributed by atoms with Gasteiger partial charge >= 0.3 is 0 Å². The molecule has 1 heterocycles. The van der Waals surface area contributed by atoms with E-state index in [1.165, 1.54) is 44.9 Å². The summed E-state index contributed by atoms with van der Waals surface area (Å²) in [6.07, 6.45) is 12.2. The summed E-state index contributed by atoms with van der Waals surface area (Å²) in [4.78, 5) is 0. The number of aliphatic hydroxyl groups is 1. The fourth-order valence-corrected chi connectivity index (χ4v) is 8.94. The average Bonchev–Trinajstić information content (AvgIpc) is 3.35. The number of hydrogen-bond donors (Lipinski definition) is 2. The van der Waals surface area contributed by atoms with Crippen molar-refractivity contribution in [3.63, 3.8) is 0 Å². The number of fused-ring (bicyclic) bond motifs is 5. The number of ether oxygens (including phenoxy) is 3. The van der Waals surface area contributed by atoms with Crippen LogP contribution in [-0.2, 0) is 14.2 Å². The van der Waals surface area contributed by atoms with Crippen molar-refractivity contribution in [3.8, 4) is 0 Å². The van der Waals surface area contributed by atoms with Gasteiger partial charge in [0.2, 0.25) is 0 Å². The van der Waals surface area contributed by atoms with Gasteiger partial charge in [0, 0.05) is 12.0 Å². The number of hydrogen-bond acceptors (Lipinski definition) is 5. The second kappa shape index (κ2) is 7.69. The monoisotopic (exact) mass is 421 g/mol. The van der Waals surface area contributed by atoms with Crippen molar-refractivity contribution in [2.45, 2.75) is 102 Å². The van der Waals surface area contributed by atoms with Crippen LogP contribution in [0.15, 0.2) is 0 Å². The van der Waals surface area contributed by atoms with Crippen LogP contribution in [0.25, 0.3) is 0 Å². The number of nitrogens with two attached hydrogens (primary N) is 1. The summed E-state index contributed by atoms with van der Waals surface area (Å²) in [6, 6.07) is 0. The van der Waals surface area contributed by atoms with Crippen LogP contribution >= 0.6 is 0 Å².